The van der Waals surface area contributed by atoms with E-state index in [1.54, 1.807) is 20.2 Å². The van der Waals surface area contributed by atoms with Gasteiger partial charge in [0.2, 0.25) is 11.7 Å². The number of ether oxygens (including phenoxy) is 2. The van der Waals surface area contributed by atoms with Crippen molar-refractivity contribution in [2.45, 2.75) is 6.18 Å². The molecule has 0 fully saturated rings. The van der Waals surface area contributed by atoms with Gasteiger partial charge in [0.05, 0.1) is 18.2 Å². The van der Waals surface area contributed by atoms with E-state index in [1.165, 1.54) is 12.1 Å². The maximum absolute atomic E-state index is 13.1. The lowest BCUT2D eigenvalue weighted by atomic mass is 9.98. The first-order chi connectivity index (χ1) is 14.8. The highest BCUT2D eigenvalue weighted by Crippen LogP contribution is 2.36. The van der Waals surface area contributed by atoms with Crippen molar-refractivity contribution in [2.75, 3.05) is 14.2 Å². The second-order valence-corrected chi connectivity index (χ2v) is 6.88. The van der Waals surface area contributed by atoms with Crippen molar-refractivity contribution >= 4 is 28.2 Å². The smallest absolute Gasteiger partial charge is 0.416 e. The Morgan fingerprint density at radius 3 is 2.42 bits per heavy atom. The highest BCUT2D eigenvalue weighted by atomic mass is 19.4. The van der Waals surface area contributed by atoms with Gasteiger partial charge in [-0.25, -0.2) is 0 Å². The van der Waals surface area contributed by atoms with Gasteiger partial charge in [-0.05, 0) is 40.8 Å². The predicted octanol–water partition coefficient (Wildman–Crippen LogP) is 5.40. The van der Waals surface area contributed by atoms with Gasteiger partial charge in [-0.1, -0.05) is 42.5 Å². The molecule has 158 valence electrons. The molecule has 1 aliphatic heterocycles. The molecule has 3 aromatic rings. The molecule has 0 unspecified atom stereocenters. The summed E-state index contributed by atoms with van der Waals surface area (Å²) in [6, 6.07) is 15.8. The van der Waals surface area contributed by atoms with Crippen molar-refractivity contribution in [3.63, 3.8) is 0 Å². The molecule has 0 saturated carbocycles. The Balaban J connectivity index is 1.77. The number of carbonyl (C=O) groups excluding carboxylic acids is 1. The largest absolute Gasteiger partial charge is 0.496 e. The number of benzene rings is 3. The summed E-state index contributed by atoms with van der Waals surface area (Å²) in [6.45, 7) is 0. The zero-order valence-corrected chi connectivity index (χ0v) is 16.7. The number of fused-ring (bicyclic) bond motifs is 1. The fourth-order valence-corrected chi connectivity index (χ4v) is 3.57. The standard InChI is InChI=1S/C24H18F3NO3/c1-28-23-21(15-7-3-8-16(12-15)24(25,26)27)22(29)20(31-23)13-14-6-4-10-18-17(14)9-5-11-19(18)30-2/h3-13,28H,1-2H3/b20-13+. The SMILES string of the molecule is CNC1=C(c2cccc(C(F)(F)F)c2)C(=O)/C(=C\c2cccc3c(OC)cccc23)O1. The van der Waals surface area contributed by atoms with E-state index in [9.17, 15) is 18.0 Å². The molecule has 1 N–H and O–H groups in total. The summed E-state index contributed by atoms with van der Waals surface area (Å²) in [4.78, 5) is 13.1. The average Bonchev–Trinajstić information content (AvgIpc) is 3.08. The summed E-state index contributed by atoms with van der Waals surface area (Å²) in [5.74, 6) is 0.319. The van der Waals surface area contributed by atoms with Crippen molar-refractivity contribution in [3.05, 3.63) is 89.0 Å². The van der Waals surface area contributed by atoms with E-state index in [0.29, 0.717) is 5.75 Å². The summed E-state index contributed by atoms with van der Waals surface area (Å²) in [5.41, 5.74) is 0.0738. The number of hydrogen-bond acceptors (Lipinski definition) is 4. The second-order valence-electron chi connectivity index (χ2n) is 6.88. The molecule has 0 amide bonds. The zero-order valence-electron chi connectivity index (χ0n) is 16.7. The first-order valence-corrected chi connectivity index (χ1v) is 9.43. The number of methoxy groups -OCH3 is 1. The molecule has 0 aliphatic carbocycles. The van der Waals surface area contributed by atoms with E-state index < -0.39 is 17.5 Å². The lowest BCUT2D eigenvalue weighted by Crippen LogP contribution is -2.09. The van der Waals surface area contributed by atoms with Gasteiger partial charge in [-0.2, -0.15) is 13.2 Å². The van der Waals surface area contributed by atoms with E-state index in [2.05, 4.69) is 5.32 Å². The lowest BCUT2D eigenvalue weighted by molar-refractivity contribution is -0.137. The third kappa shape index (κ3) is 3.74. The molecule has 0 radical (unpaired) electrons. The normalized spacial score (nSPS) is 15.5. The minimum absolute atomic E-state index is 0.0204. The highest BCUT2D eigenvalue weighted by molar-refractivity contribution is 6.31. The van der Waals surface area contributed by atoms with Gasteiger partial charge in [0.25, 0.3) is 0 Å². The molecule has 1 heterocycles. The Bertz CT molecular complexity index is 1240. The first-order valence-electron chi connectivity index (χ1n) is 9.43. The molecule has 3 aromatic carbocycles. The zero-order chi connectivity index (χ0) is 22.2. The first kappa shape index (κ1) is 20.5. The van der Waals surface area contributed by atoms with Gasteiger partial charge < -0.3 is 14.8 Å². The number of alkyl halides is 3. The van der Waals surface area contributed by atoms with Gasteiger partial charge in [0.15, 0.2) is 5.76 Å². The molecule has 0 saturated heterocycles. The van der Waals surface area contributed by atoms with Crippen molar-refractivity contribution in [1.29, 1.82) is 0 Å². The summed E-state index contributed by atoms with van der Waals surface area (Å²) >= 11 is 0. The van der Waals surface area contributed by atoms with Crippen LogP contribution in [-0.4, -0.2) is 19.9 Å². The van der Waals surface area contributed by atoms with Crippen LogP contribution < -0.4 is 10.1 Å². The Kier molecular flexibility index (Phi) is 5.19. The molecular weight excluding hydrogens is 407 g/mol. The van der Waals surface area contributed by atoms with Gasteiger partial charge in [0, 0.05) is 12.4 Å². The lowest BCUT2D eigenvalue weighted by Gasteiger charge is -2.09. The van der Waals surface area contributed by atoms with Gasteiger partial charge in [0.1, 0.15) is 5.75 Å². The monoisotopic (exact) mass is 425 g/mol. The molecule has 0 aromatic heterocycles. The van der Waals surface area contributed by atoms with Crippen molar-refractivity contribution in [1.82, 2.24) is 5.32 Å². The number of nitrogens with one attached hydrogen (secondary N) is 1. The van der Waals surface area contributed by atoms with E-state index in [-0.39, 0.29) is 22.8 Å². The molecule has 4 nitrogen and oxygen atoms in total. The summed E-state index contributed by atoms with van der Waals surface area (Å²) < 4.78 is 50.5. The van der Waals surface area contributed by atoms with Crippen LogP contribution in [0.4, 0.5) is 13.2 Å². The van der Waals surface area contributed by atoms with Crippen LogP contribution in [0.25, 0.3) is 22.4 Å². The maximum Gasteiger partial charge on any atom is 0.416 e. The summed E-state index contributed by atoms with van der Waals surface area (Å²) in [7, 11) is 3.12. The maximum atomic E-state index is 13.1. The molecule has 0 spiro atoms. The summed E-state index contributed by atoms with van der Waals surface area (Å²) in [6.07, 6.45) is -2.93. The average molecular weight is 425 g/mol. The van der Waals surface area contributed by atoms with E-state index in [0.717, 1.165) is 28.5 Å². The van der Waals surface area contributed by atoms with E-state index in [4.69, 9.17) is 9.47 Å². The molecule has 0 bridgehead atoms. The number of allylic oxidation sites excluding steroid dienone is 1. The van der Waals surface area contributed by atoms with Crippen molar-refractivity contribution in [3.8, 4) is 5.75 Å². The number of carbonyl (C=O) groups is 1. The molecule has 0 atom stereocenters. The predicted molar refractivity (Wildman–Crippen MR) is 112 cm³/mol. The van der Waals surface area contributed by atoms with Crippen LogP contribution in [0.2, 0.25) is 0 Å². The third-order valence-corrected chi connectivity index (χ3v) is 5.02. The molecule has 31 heavy (non-hydrogen) atoms. The Hall–Kier alpha value is -3.74. The molecule has 1 aliphatic rings. The number of ketones is 1. The van der Waals surface area contributed by atoms with E-state index in [1.807, 2.05) is 36.4 Å². The van der Waals surface area contributed by atoms with E-state index >= 15 is 0 Å². The highest BCUT2D eigenvalue weighted by Gasteiger charge is 2.34. The Morgan fingerprint density at radius 2 is 1.71 bits per heavy atom. The topological polar surface area (TPSA) is 47.6 Å². The van der Waals surface area contributed by atoms with Crippen LogP contribution in [0, 0.1) is 0 Å². The Labute approximate surface area is 176 Å². The number of halogens is 3. The van der Waals surface area contributed by atoms with Crippen LogP contribution in [0.15, 0.2) is 72.3 Å². The van der Waals surface area contributed by atoms with Crippen LogP contribution in [0.1, 0.15) is 16.7 Å². The third-order valence-electron chi connectivity index (χ3n) is 5.02. The molecular formula is C24H18F3NO3. The van der Waals surface area contributed by atoms with Gasteiger partial charge >= 0.3 is 6.18 Å². The van der Waals surface area contributed by atoms with Crippen molar-refractivity contribution < 1.29 is 27.4 Å². The molecule has 4 rings (SSSR count). The fraction of sp³-hybridized carbons (Fsp3) is 0.125. The summed E-state index contributed by atoms with van der Waals surface area (Å²) in [5, 5.41) is 4.48. The minimum atomic E-state index is -4.51. The minimum Gasteiger partial charge on any atom is -0.496 e. The number of Topliss-reactive ketones (excluding diaryl/α,β-unsaturated/α-hetero) is 1. The molecule has 7 heteroatoms. The Morgan fingerprint density at radius 1 is 1.00 bits per heavy atom. The van der Waals surface area contributed by atoms with Gasteiger partial charge in [-0.3, -0.25) is 4.79 Å². The number of rotatable bonds is 4. The van der Waals surface area contributed by atoms with Crippen molar-refractivity contribution in [2.24, 2.45) is 0 Å². The second kappa shape index (κ2) is 7.83. The fourth-order valence-electron chi connectivity index (χ4n) is 3.57. The number of hydrogen-bond donors (Lipinski definition) is 1. The van der Waals surface area contributed by atoms with Crippen LogP contribution in [0.5, 0.6) is 5.75 Å². The van der Waals surface area contributed by atoms with Gasteiger partial charge in [-0.15, -0.1) is 0 Å². The van der Waals surface area contributed by atoms with Crippen LogP contribution >= 0.6 is 0 Å². The van der Waals surface area contributed by atoms with Crippen LogP contribution in [-0.2, 0) is 15.7 Å². The quantitative estimate of drug-likeness (QED) is 0.569. The van der Waals surface area contributed by atoms with Crippen LogP contribution in [0.3, 0.4) is 0 Å².